The molecule has 1 atom stereocenters. The molecule has 0 saturated heterocycles. The average Bonchev–Trinajstić information content (AvgIpc) is 2.81. The fourth-order valence-electron chi connectivity index (χ4n) is 1.66. The lowest BCUT2D eigenvalue weighted by Crippen LogP contribution is -2.32. The Morgan fingerprint density at radius 1 is 1.43 bits per heavy atom. The van der Waals surface area contributed by atoms with E-state index in [1.165, 1.54) is 6.07 Å². The normalized spacial score (nSPS) is 12.0. The Hall–Kier alpha value is -2.48. The minimum Gasteiger partial charge on any atom is -0.386 e. The van der Waals surface area contributed by atoms with Crippen molar-refractivity contribution >= 4 is 11.8 Å². The topological polar surface area (TPSA) is 87.4 Å². The molecule has 8 heteroatoms. The van der Waals surface area contributed by atoms with Crippen molar-refractivity contribution in [3.63, 3.8) is 0 Å². The highest BCUT2D eigenvalue weighted by molar-refractivity contribution is 5.88. The Morgan fingerprint density at radius 3 is 2.81 bits per heavy atom. The fourth-order valence-corrected chi connectivity index (χ4v) is 1.66. The molecular weight excluding hydrogens is 284 g/mol. The number of aromatic nitrogens is 1. The molecule has 1 aromatic carbocycles. The van der Waals surface area contributed by atoms with E-state index >= 15 is 0 Å². The third-order valence-electron chi connectivity index (χ3n) is 2.65. The van der Waals surface area contributed by atoms with E-state index in [2.05, 4.69) is 15.8 Å². The van der Waals surface area contributed by atoms with Crippen LogP contribution < -0.4 is 10.6 Å². The van der Waals surface area contributed by atoms with Gasteiger partial charge in [-0.2, -0.15) is 0 Å². The number of amides is 2. The second kappa shape index (κ2) is 6.31. The highest BCUT2D eigenvalue weighted by atomic mass is 19.1. The first-order chi connectivity index (χ1) is 9.95. The van der Waals surface area contributed by atoms with Gasteiger partial charge in [-0.1, -0.05) is 11.2 Å². The molecule has 0 spiro atoms. The van der Waals surface area contributed by atoms with Gasteiger partial charge in [0.25, 0.3) is 0 Å². The van der Waals surface area contributed by atoms with Gasteiger partial charge in [-0.15, -0.1) is 0 Å². The summed E-state index contributed by atoms with van der Waals surface area (Å²) < 4.78 is 30.9. The summed E-state index contributed by atoms with van der Waals surface area (Å²) in [7, 11) is 0. The summed E-state index contributed by atoms with van der Waals surface area (Å²) >= 11 is 0. The maximum Gasteiger partial charge on any atom is 0.320 e. The number of aryl methyl sites for hydroxylation is 1. The number of benzene rings is 1. The number of carbonyl (C=O) groups excluding carboxylic acids is 1. The van der Waals surface area contributed by atoms with Gasteiger partial charge in [-0.3, -0.25) is 5.32 Å². The number of nitrogens with zero attached hydrogens (tertiary/aromatic N) is 1. The molecule has 0 saturated carbocycles. The smallest absolute Gasteiger partial charge is 0.320 e. The number of carbonyl (C=O) groups is 1. The lowest BCUT2D eigenvalue weighted by molar-refractivity contribution is 0.170. The third kappa shape index (κ3) is 3.99. The van der Waals surface area contributed by atoms with Gasteiger partial charge in [0.2, 0.25) is 0 Å². The molecule has 0 aliphatic rings. The van der Waals surface area contributed by atoms with E-state index in [-0.39, 0.29) is 17.9 Å². The Bertz CT molecular complexity index is 645. The molecule has 0 aliphatic carbocycles. The zero-order valence-electron chi connectivity index (χ0n) is 11.1. The highest BCUT2D eigenvalue weighted by Crippen LogP contribution is 2.17. The zero-order valence-corrected chi connectivity index (χ0v) is 11.1. The summed E-state index contributed by atoms with van der Waals surface area (Å²) in [5.74, 6) is -0.876. The molecule has 0 fully saturated rings. The van der Waals surface area contributed by atoms with Gasteiger partial charge in [0, 0.05) is 24.2 Å². The van der Waals surface area contributed by atoms with Crippen molar-refractivity contribution < 1.29 is 23.2 Å². The van der Waals surface area contributed by atoms with Crippen molar-refractivity contribution in [1.82, 2.24) is 10.5 Å². The van der Waals surface area contributed by atoms with Crippen molar-refractivity contribution in [2.75, 3.05) is 11.9 Å². The van der Waals surface area contributed by atoms with Gasteiger partial charge in [0.05, 0.1) is 6.10 Å². The van der Waals surface area contributed by atoms with Gasteiger partial charge in [-0.05, 0) is 13.0 Å². The number of nitrogens with one attached hydrogen (secondary N) is 2. The molecule has 2 rings (SSSR count). The molecule has 2 amide bonds. The van der Waals surface area contributed by atoms with E-state index in [9.17, 15) is 18.7 Å². The monoisotopic (exact) mass is 297 g/mol. The summed E-state index contributed by atoms with van der Waals surface area (Å²) in [6, 6.07) is 3.69. The minimum atomic E-state index is -1.30. The van der Waals surface area contributed by atoms with Crippen LogP contribution in [0.15, 0.2) is 28.8 Å². The summed E-state index contributed by atoms with van der Waals surface area (Å²) in [4.78, 5) is 11.5. The average molecular weight is 297 g/mol. The lowest BCUT2D eigenvalue weighted by Gasteiger charge is -2.13. The van der Waals surface area contributed by atoms with Gasteiger partial charge in [0.15, 0.2) is 5.82 Å². The number of aliphatic hydroxyl groups is 1. The Morgan fingerprint density at radius 2 is 2.19 bits per heavy atom. The van der Waals surface area contributed by atoms with Crippen LogP contribution in [0.2, 0.25) is 0 Å². The highest BCUT2D eigenvalue weighted by Gasteiger charge is 2.15. The maximum absolute atomic E-state index is 13.4. The molecule has 6 nitrogen and oxygen atoms in total. The van der Waals surface area contributed by atoms with Gasteiger partial charge in [-0.25, -0.2) is 13.6 Å². The Balaban J connectivity index is 1.88. The van der Waals surface area contributed by atoms with Crippen LogP contribution in [0.25, 0.3) is 0 Å². The van der Waals surface area contributed by atoms with Gasteiger partial charge in [0.1, 0.15) is 17.4 Å². The van der Waals surface area contributed by atoms with E-state index in [1.807, 2.05) is 0 Å². The maximum atomic E-state index is 13.4. The van der Waals surface area contributed by atoms with Crippen LogP contribution >= 0.6 is 0 Å². The molecule has 1 aromatic heterocycles. The van der Waals surface area contributed by atoms with Crippen LogP contribution in [0.1, 0.15) is 17.4 Å². The van der Waals surface area contributed by atoms with Crippen LogP contribution in [0.3, 0.4) is 0 Å². The number of hydrogen-bond donors (Lipinski definition) is 3. The van der Waals surface area contributed by atoms with Crippen molar-refractivity contribution in [2.24, 2.45) is 0 Å². The van der Waals surface area contributed by atoms with Crippen LogP contribution in [0, 0.1) is 18.6 Å². The van der Waals surface area contributed by atoms with Crippen molar-refractivity contribution in [3.8, 4) is 0 Å². The number of anilines is 1. The molecule has 1 unspecified atom stereocenters. The number of urea groups is 1. The molecule has 3 N–H and O–H groups in total. The van der Waals surface area contributed by atoms with Crippen molar-refractivity contribution in [1.29, 1.82) is 0 Å². The Labute approximate surface area is 118 Å². The molecule has 21 heavy (non-hydrogen) atoms. The molecule has 0 bridgehead atoms. The number of aliphatic hydroxyl groups excluding tert-OH is 1. The standard InChI is InChI=1S/C13H13F2N3O3/c1-7-4-12(18-21-7)17-13(20)16-6-11(19)9-3-2-8(14)5-10(9)15/h2-5,11,19H,6H2,1H3,(H2,16,17,18,20). The van der Waals surface area contributed by atoms with Gasteiger partial charge >= 0.3 is 6.03 Å². The van der Waals surface area contributed by atoms with E-state index in [1.54, 1.807) is 6.92 Å². The molecule has 1 heterocycles. The van der Waals surface area contributed by atoms with E-state index in [0.29, 0.717) is 11.8 Å². The van der Waals surface area contributed by atoms with E-state index < -0.39 is 23.8 Å². The number of rotatable bonds is 4. The molecular formula is C13H13F2N3O3. The van der Waals surface area contributed by atoms with Crippen molar-refractivity contribution in [2.45, 2.75) is 13.0 Å². The first-order valence-electron chi connectivity index (χ1n) is 6.07. The first-order valence-corrected chi connectivity index (χ1v) is 6.07. The van der Waals surface area contributed by atoms with Crippen molar-refractivity contribution in [3.05, 3.63) is 47.2 Å². The lowest BCUT2D eigenvalue weighted by atomic mass is 10.1. The fraction of sp³-hybridized carbons (Fsp3) is 0.231. The van der Waals surface area contributed by atoms with Crippen LogP contribution in [-0.2, 0) is 0 Å². The largest absolute Gasteiger partial charge is 0.386 e. The summed E-state index contributed by atoms with van der Waals surface area (Å²) in [6.07, 6.45) is -1.30. The number of halogens is 2. The van der Waals surface area contributed by atoms with E-state index in [0.717, 1.165) is 12.1 Å². The predicted molar refractivity (Wildman–Crippen MR) is 69.6 cm³/mol. The molecule has 0 radical (unpaired) electrons. The van der Waals surface area contributed by atoms with Crippen LogP contribution in [0.5, 0.6) is 0 Å². The number of hydrogen-bond acceptors (Lipinski definition) is 4. The second-order valence-electron chi connectivity index (χ2n) is 4.34. The predicted octanol–water partition coefficient (Wildman–Crippen LogP) is 2.12. The van der Waals surface area contributed by atoms with Gasteiger partial charge < -0.3 is 14.9 Å². The second-order valence-corrected chi connectivity index (χ2v) is 4.34. The van der Waals surface area contributed by atoms with Crippen LogP contribution in [0.4, 0.5) is 19.4 Å². The SMILES string of the molecule is Cc1cc(NC(=O)NCC(O)c2ccc(F)cc2F)no1. The molecule has 2 aromatic rings. The Kier molecular flexibility index (Phi) is 4.49. The molecule has 0 aliphatic heterocycles. The first kappa shape index (κ1) is 14.9. The summed E-state index contributed by atoms with van der Waals surface area (Å²) in [6.45, 7) is 1.42. The zero-order chi connectivity index (χ0) is 15.4. The third-order valence-corrected chi connectivity index (χ3v) is 2.65. The molecule has 112 valence electrons. The quantitative estimate of drug-likeness (QED) is 0.806. The minimum absolute atomic E-state index is 0.103. The van der Waals surface area contributed by atoms with E-state index in [4.69, 9.17) is 4.52 Å². The van der Waals surface area contributed by atoms with Crippen LogP contribution in [-0.4, -0.2) is 22.8 Å². The summed E-state index contributed by atoms with van der Waals surface area (Å²) in [5, 5.41) is 18.0. The summed E-state index contributed by atoms with van der Waals surface area (Å²) in [5.41, 5.74) is -0.103.